The van der Waals surface area contributed by atoms with Gasteiger partial charge in [-0.1, -0.05) is 23.7 Å². The number of carbonyl (C=O) groups excluding carboxylic acids is 1. The fourth-order valence-electron chi connectivity index (χ4n) is 5.11. The molecule has 1 aromatic carbocycles. The first-order valence-electron chi connectivity index (χ1n) is 12.1. The number of halogens is 1. The van der Waals surface area contributed by atoms with E-state index in [1.54, 1.807) is 19.2 Å². The van der Waals surface area contributed by atoms with Crippen molar-refractivity contribution in [1.82, 2.24) is 5.32 Å². The molecule has 0 aliphatic heterocycles. The van der Waals surface area contributed by atoms with Crippen molar-refractivity contribution in [3.05, 3.63) is 46.4 Å². The second kappa shape index (κ2) is 12.1. The van der Waals surface area contributed by atoms with Crippen LogP contribution in [0.15, 0.2) is 35.8 Å². The number of allylic oxidation sites excluding steroid dienone is 2. The fourth-order valence-corrected chi connectivity index (χ4v) is 5.23. The van der Waals surface area contributed by atoms with Gasteiger partial charge in [0, 0.05) is 36.9 Å². The second-order valence-electron chi connectivity index (χ2n) is 9.72. The Labute approximate surface area is 202 Å². The second-order valence-corrected chi connectivity index (χ2v) is 10.2. The molecule has 3 N–H and O–H groups in total. The summed E-state index contributed by atoms with van der Waals surface area (Å²) in [5.74, 6) is 1.59. The minimum absolute atomic E-state index is 0.00411. The minimum atomic E-state index is -0.746. The Bertz CT molecular complexity index is 801. The highest BCUT2D eigenvalue weighted by atomic mass is 35.5. The lowest BCUT2D eigenvalue weighted by atomic mass is 9.74. The van der Waals surface area contributed by atoms with Crippen LogP contribution in [0.1, 0.15) is 70.5 Å². The number of methoxy groups -OCH3 is 1. The number of rotatable bonds is 9. The maximum atomic E-state index is 13.0. The molecule has 0 saturated heterocycles. The van der Waals surface area contributed by atoms with Crippen LogP contribution in [0.2, 0.25) is 5.02 Å². The van der Waals surface area contributed by atoms with E-state index < -0.39 is 6.10 Å². The van der Waals surface area contributed by atoms with E-state index in [0.29, 0.717) is 30.2 Å². The first kappa shape index (κ1) is 25.9. The lowest BCUT2D eigenvalue weighted by Crippen LogP contribution is -2.40. The summed E-state index contributed by atoms with van der Waals surface area (Å²) in [5.41, 5.74) is 0.780. The number of carbonyl (C=O) groups is 1. The van der Waals surface area contributed by atoms with Gasteiger partial charge in [0.2, 0.25) is 5.91 Å². The third-order valence-corrected chi connectivity index (χ3v) is 7.20. The van der Waals surface area contributed by atoms with Crippen molar-refractivity contribution in [2.75, 3.05) is 13.7 Å². The van der Waals surface area contributed by atoms with Crippen LogP contribution < -0.4 is 5.32 Å². The average Bonchev–Trinajstić information content (AvgIpc) is 2.80. The van der Waals surface area contributed by atoms with E-state index in [-0.39, 0.29) is 36.5 Å². The zero-order valence-electron chi connectivity index (χ0n) is 19.9. The molecule has 33 heavy (non-hydrogen) atoms. The van der Waals surface area contributed by atoms with Gasteiger partial charge in [0.25, 0.3) is 0 Å². The number of aliphatic hydroxyl groups excluding tert-OH is 2. The molecule has 3 atom stereocenters. The van der Waals surface area contributed by atoms with Crippen molar-refractivity contribution in [3.63, 3.8) is 0 Å². The number of nitrogens with one attached hydrogen (secondary N) is 1. The summed E-state index contributed by atoms with van der Waals surface area (Å²) >= 11 is 6.04. The van der Waals surface area contributed by atoms with Crippen LogP contribution >= 0.6 is 11.6 Å². The van der Waals surface area contributed by atoms with E-state index in [2.05, 4.69) is 5.32 Å². The van der Waals surface area contributed by atoms with Gasteiger partial charge in [-0.15, -0.1) is 0 Å². The molecule has 0 spiro atoms. The molecular formula is C26H38ClNO5. The lowest BCUT2D eigenvalue weighted by Gasteiger charge is -2.37. The number of hydrogen-bond donors (Lipinski definition) is 3. The van der Waals surface area contributed by atoms with Gasteiger partial charge in [-0.3, -0.25) is 4.79 Å². The molecule has 7 heteroatoms. The third-order valence-electron chi connectivity index (χ3n) is 6.94. The molecule has 2 aliphatic carbocycles. The van der Waals surface area contributed by atoms with Crippen molar-refractivity contribution >= 4 is 17.5 Å². The molecular weight excluding hydrogens is 442 g/mol. The largest absolute Gasteiger partial charge is 0.498 e. The fraction of sp³-hybridized carbons (Fsp3) is 0.654. The molecule has 1 aromatic rings. The van der Waals surface area contributed by atoms with Gasteiger partial charge in [-0.05, 0) is 75.0 Å². The van der Waals surface area contributed by atoms with Gasteiger partial charge in [0.1, 0.15) is 11.5 Å². The van der Waals surface area contributed by atoms with Crippen LogP contribution in [0.25, 0.3) is 0 Å². The summed E-state index contributed by atoms with van der Waals surface area (Å²) in [6.07, 6.45) is 4.28. The highest BCUT2D eigenvalue weighted by Crippen LogP contribution is 2.44. The number of hydrogen-bond acceptors (Lipinski definition) is 5. The molecule has 0 aromatic heterocycles. The standard InChI is InChI=1S/C26H38ClNO5/c1-16(2)33-24-14-22(26(31)18-6-8-20(27)9-7-18)19(12-23(24)32-3)13-25(30)28-21-10-4-17(15-29)5-11-21/h6-9,16-17,19,21-22,26,29,31H,4-5,10-15H2,1-3H3,(H,28,30). The first-order valence-corrected chi connectivity index (χ1v) is 12.4. The summed E-state index contributed by atoms with van der Waals surface area (Å²) < 4.78 is 11.7. The van der Waals surface area contributed by atoms with E-state index in [1.807, 2.05) is 26.0 Å². The maximum absolute atomic E-state index is 13.0. The SMILES string of the molecule is COC1=C(OC(C)C)CC(C(O)c2ccc(Cl)cc2)C(CC(=O)NC2CCC(CO)CC2)C1. The molecule has 1 amide bonds. The van der Waals surface area contributed by atoms with E-state index in [4.69, 9.17) is 21.1 Å². The minimum Gasteiger partial charge on any atom is -0.498 e. The Morgan fingerprint density at radius 3 is 2.36 bits per heavy atom. The normalized spacial score (nSPS) is 26.8. The summed E-state index contributed by atoms with van der Waals surface area (Å²) in [6, 6.07) is 7.37. The monoisotopic (exact) mass is 479 g/mol. The van der Waals surface area contributed by atoms with Gasteiger partial charge in [-0.25, -0.2) is 0 Å². The van der Waals surface area contributed by atoms with Gasteiger partial charge in [0.05, 0.1) is 19.3 Å². The highest BCUT2D eigenvalue weighted by Gasteiger charge is 2.38. The van der Waals surface area contributed by atoms with Gasteiger partial charge in [-0.2, -0.15) is 0 Å². The van der Waals surface area contributed by atoms with E-state index in [1.165, 1.54) is 0 Å². The number of benzene rings is 1. The molecule has 0 radical (unpaired) electrons. The van der Waals surface area contributed by atoms with E-state index >= 15 is 0 Å². The van der Waals surface area contributed by atoms with Crippen molar-refractivity contribution < 1.29 is 24.5 Å². The van der Waals surface area contributed by atoms with Crippen LogP contribution in [0.5, 0.6) is 0 Å². The Morgan fingerprint density at radius 1 is 1.12 bits per heavy atom. The van der Waals surface area contributed by atoms with Gasteiger partial charge >= 0.3 is 0 Å². The molecule has 3 unspecified atom stereocenters. The molecule has 184 valence electrons. The number of ether oxygens (including phenoxy) is 2. The van der Waals surface area contributed by atoms with Crippen LogP contribution in [-0.2, 0) is 14.3 Å². The Hall–Kier alpha value is -1.76. The Balaban J connectivity index is 1.74. The molecule has 1 fully saturated rings. The topological polar surface area (TPSA) is 88.0 Å². The summed E-state index contributed by atoms with van der Waals surface area (Å²) in [7, 11) is 1.63. The number of amides is 1. The van der Waals surface area contributed by atoms with Crippen molar-refractivity contribution in [2.45, 2.75) is 77.0 Å². The number of aliphatic hydroxyl groups is 2. The average molecular weight is 480 g/mol. The smallest absolute Gasteiger partial charge is 0.220 e. The predicted octanol–water partition coefficient (Wildman–Crippen LogP) is 4.74. The zero-order chi connectivity index (χ0) is 24.0. The van der Waals surface area contributed by atoms with E-state index in [9.17, 15) is 15.0 Å². The third kappa shape index (κ3) is 7.11. The molecule has 6 nitrogen and oxygen atoms in total. The van der Waals surface area contributed by atoms with Crippen LogP contribution in [0.3, 0.4) is 0 Å². The molecule has 0 heterocycles. The Morgan fingerprint density at radius 2 is 1.79 bits per heavy atom. The quantitative estimate of drug-likeness (QED) is 0.476. The van der Waals surface area contributed by atoms with Crippen molar-refractivity contribution in [2.24, 2.45) is 17.8 Å². The summed E-state index contributed by atoms with van der Waals surface area (Å²) in [5, 5.41) is 24.4. The van der Waals surface area contributed by atoms with Gasteiger partial charge in [0.15, 0.2) is 0 Å². The maximum Gasteiger partial charge on any atom is 0.220 e. The Kier molecular flexibility index (Phi) is 9.47. The first-order chi connectivity index (χ1) is 15.8. The van der Waals surface area contributed by atoms with Crippen LogP contribution in [0.4, 0.5) is 0 Å². The van der Waals surface area contributed by atoms with Crippen LogP contribution in [-0.4, -0.2) is 42.0 Å². The van der Waals surface area contributed by atoms with Gasteiger partial charge < -0.3 is 25.0 Å². The molecule has 1 saturated carbocycles. The summed E-state index contributed by atoms with van der Waals surface area (Å²) in [6.45, 7) is 4.16. The highest BCUT2D eigenvalue weighted by molar-refractivity contribution is 6.30. The molecule has 0 bridgehead atoms. The molecule has 2 aliphatic rings. The predicted molar refractivity (Wildman–Crippen MR) is 128 cm³/mol. The van der Waals surface area contributed by atoms with Crippen molar-refractivity contribution in [1.29, 1.82) is 0 Å². The lowest BCUT2D eigenvalue weighted by molar-refractivity contribution is -0.124. The molecule has 3 rings (SSSR count). The van der Waals surface area contributed by atoms with E-state index in [0.717, 1.165) is 42.8 Å². The van der Waals surface area contributed by atoms with Crippen LogP contribution in [0, 0.1) is 17.8 Å². The summed E-state index contributed by atoms with van der Waals surface area (Å²) in [4.78, 5) is 13.0. The van der Waals surface area contributed by atoms with Crippen molar-refractivity contribution in [3.8, 4) is 0 Å². The zero-order valence-corrected chi connectivity index (χ0v) is 20.7.